The number of piperidine rings is 1. The number of likely N-dealkylation sites (tertiary alicyclic amines) is 1. The third kappa shape index (κ3) is 5.69. The average Bonchev–Trinajstić information content (AvgIpc) is 2.76. The van der Waals surface area contributed by atoms with Crippen LogP contribution in [0.3, 0.4) is 0 Å². The number of amides is 1. The molecule has 166 valence electrons. The summed E-state index contributed by atoms with van der Waals surface area (Å²) in [6.45, 7) is 3.32. The number of para-hydroxylation sites is 1. The molecule has 8 heteroatoms. The smallest absolute Gasteiger partial charge is 0.311 e. The third-order valence-corrected chi connectivity index (χ3v) is 5.46. The number of benzene rings is 1. The number of methoxy groups -OCH3 is 1. The van der Waals surface area contributed by atoms with Crippen LogP contribution in [0.2, 0.25) is 0 Å². The summed E-state index contributed by atoms with van der Waals surface area (Å²) in [5, 5.41) is 16.6. The third-order valence-electron chi connectivity index (χ3n) is 5.46. The van der Waals surface area contributed by atoms with Gasteiger partial charge < -0.3 is 19.8 Å². The quantitative estimate of drug-likeness (QED) is 0.452. The number of Topliss-reactive ketones (excluding diaryl/α,β-unsaturated/α-hetero) is 1. The molecule has 0 aromatic heterocycles. The van der Waals surface area contributed by atoms with Crippen molar-refractivity contribution in [2.45, 2.75) is 45.6 Å². The maximum absolute atomic E-state index is 13.0. The number of unbranched alkanes of at least 4 members (excludes halogenated alkanes) is 1. The number of rotatable bonds is 10. The van der Waals surface area contributed by atoms with Gasteiger partial charge in [-0.1, -0.05) is 31.5 Å². The number of hydrogen-bond acceptors (Lipinski definition) is 7. The molecular formula is C23H29N3O5. The molecule has 1 heterocycles. The van der Waals surface area contributed by atoms with Crippen LogP contribution in [-0.2, 0) is 19.1 Å². The molecule has 1 aromatic carbocycles. The molecule has 0 spiro atoms. The summed E-state index contributed by atoms with van der Waals surface area (Å²) in [6, 6.07) is 8.44. The highest BCUT2D eigenvalue weighted by Gasteiger charge is 2.42. The van der Waals surface area contributed by atoms with Crippen LogP contribution in [0.5, 0.6) is 5.75 Å². The molecule has 1 aliphatic rings. The zero-order chi connectivity index (χ0) is 23.0. The predicted molar refractivity (Wildman–Crippen MR) is 114 cm³/mol. The van der Waals surface area contributed by atoms with Gasteiger partial charge in [-0.3, -0.25) is 14.4 Å². The van der Waals surface area contributed by atoms with Crippen molar-refractivity contribution >= 4 is 23.4 Å². The summed E-state index contributed by atoms with van der Waals surface area (Å²) in [5.41, 5.74) is 0.622. The van der Waals surface area contributed by atoms with Gasteiger partial charge in [-0.2, -0.15) is 5.26 Å². The van der Waals surface area contributed by atoms with Crippen LogP contribution in [0.1, 0.15) is 51.1 Å². The van der Waals surface area contributed by atoms with Gasteiger partial charge >= 0.3 is 5.97 Å². The van der Waals surface area contributed by atoms with Crippen LogP contribution in [0.25, 0.3) is 0 Å². The summed E-state index contributed by atoms with van der Waals surface area (Å²) >= 11 is 0. The van der Waals surface area contributed by atoms with E-state index in [-0.39, 0.29) is 18.0 Å². The fourth-order valence-electron chi connectivity index (χ4n) is 3.83. The molecule has 0 aliphatic carbocycles. The van der Waals surface area contributed by atoms with Gasteiger partial charge in [-0.15, -0.1) is 0 Å². The van der Waals surface area contributed by atoms with E-state index >= 15 is 0 Å². The number of ketones is 1. The van der Waals surface area contributed by atoms with Crippen molar-refractivity contribution in [2.24, 2.45) is 11.8 Å². The second-order valence-corrected chi connectivity index (χ2v) is 7.59. The van der Waals surface area contributed by atoms with Crippen LogP contribution >= 0.6 is 0 Å². The lowest BCUT2D eigenvalue weighted by Gasteiger charge is -2.40. The number of hydrogen-bond donors (Lipinski definition) is 1. The van der Waals surface area contributed by atoms with E-state index in [1.54, 1.807) is 17.0 Å². The Morgan fingerprint density at radius 2 is 2.06 bits per heavy atom. The predicted octanol–water partition coefficient (Wildman–Crippen LogP) is 3.07. The highest BCUT2D eigenvalue weighted by molar-refractivity contribution is 6.06. The average molecular weight is 428 g/mol. The highest BCUT2D eigenvalue weighted by atomic mass is 16.5. The van der Waals surface area contributed by atoms with Crippen LogP contribution in [0.4, 0.5) is 0 Å². The van der Waals surface area contributed by atoms with Gasteiger partial charge in [0.15, 0.2) is 12.4 Å². The minimum absolute atomic E-state index is 0.0338. The highest BCUT2D eigenvalue weighted by Crippen LogP contribution is 2.41. The number of carbonyl (C=O) groups is 3. The number of nitriles is 1. The van der Waals surface area contributed by atoms with E-state index in [4.69, 9.17) is 20.1 Å². The molecule has 1 N–H and O–H groups in total. The van der Waals surface area contributed by atoms with Gasteiger partial charge in [-0.25, -0.2) is 0 Å². The van der Waals surface area contributed by atoms with Gasteiger partial charge in [-0.05, 0) is 25.8 Å². The molecule has 1 aliphatic heterocycles. The Labute approximate surface area is 182 Å². The molecule has 0 unspecified atom stereocenters. The molecule has 2 rings (SSSR count). The SMILES string of the molecule is CCCCN1C(=O)CC[C@@H](C(=O)OCC(=O)[C@@H](C#N)C(C)=N)[C@H]1c1ccccc1OC. The zero-order valence-electron chi connectivity index (χ0n) is 18.2. The Kier molecular flexibility index (Phi) is 8.74. The lowest BCUT2D eigenvalue weighted by molar-refractivity contribution is -0.159. The van der Waals surface area contributed by atoms with E-state index in [1.807, 2.05) is 25.1 Å². The Bertz CT molecular complexity index is 876. The first kappa shape index (κ1) is 24.1. The molecule has 1 fully saturated rings. The summed E-state index contributed by atoms with van der Waals surface area (Å²) in [4.78, 5) is 39.6. The first-order chi connectivity index (χ1) is 14.8. The van der Waals surface area contributed by atoms with Crippen molar-refractivity contribution in [1.29, 1.82) is 10.7 Å². The van der Waals surface area contributed by atoms with Crippen molar-refractivity contribution in [3.8, 4) is 11.8 Å². The Hall–Kier alpha value is -3.21. The molecule has 3 atom stereocenters. The number of esters is 1. The number of nitrogens with one attached hydrogen (secondary N) is 1. The standard InChI is InChI=1S/C23H29N3O5/c1-4-5-12-26-21(28)11-10-17(22(26)16-8-6-7-9-20(16)30-3)23(29)31-14-19(27)18(13-24)15(2)25/h6-9,17-18,22,25H,4-5,10-12,14H2,1-3H3/t17-,18+,22-/m1/s1. The summed E-state index contributed by atoms with van der Waals surface area (Å²) in [6.07, 6.45) is 2.19. The molecule has 1 aromatic rings. The number of ether oxygens (including phenoxy) is 2. The fraction of sp³-hybridized carbons (Fsp3) is 0.522. The molecule has 0 bridgehead atoms. The lowest BCUT2D eigenvalue weighted by Crippen LogP contribution is -2.46. The monoisotopic (exact) mass is 427 g/mol. The second kappa shape index (κ2) is 11.3. The summed E-state index contributed by atoms with van der Waals surface area (Å²) in [7, 11) is 1.54. The maximum atomic E-state index is 13.0. The number of carbonyl (C=O) groups excluding carboxylic acids is 3. The Balaban J connectivity index is 2.31. The number of nitrogens with zero attached hydrogens (tertiary/aromatic N) is 2. The first-order valence-corrected chi connectivity index (χ1v) is 10.4. The van der Waals surface area contributed by atoms with E-state index in [1.165, 1.54) is 14.0 Å². The van der Waals surface area contributed by atoms with Crippen molar-refractivity contribution in [2.75, 3.05) is 20.3 Å². The van der Waals surface area contributed by atoms with Crippen LogP contribution in [0, 0.1) is 28.6 Å². The molecule has 0 saturated carbocycles. The molecule has 8 nitrogen and oxygen atoms in total. The van der Waals surface area contributed by atoms with E-state index in [9.17, 15) is 14.4 Å². The van der Waals surface area contributed by atoms with Crippen LogP contribution in [-0.4, -0.2) is 48.5 Å². The molecule has 1 amide bonds. The van der Waals surface area contributed by atoms with Crippen molar-refractivity contribution < 1.29 is 23.9 Å². The van der Waals surface area contributed by atoms with Crippen molar-refractivity contribution in [1.82, 2.24) is 4.90 Å². The van der Waals surface area contributed by atoms with E-state index in [0.717, 1.165) is 12.8 Å². The largest absolute Gasteiger partial charge is 0.496 e. The normalized spacial score (nSPS) is 19.3. The Morgan fingerprint density at radius 1 is 1.35 bits per heavy atom. The topological polar surface area (TPSA) is 121 Å². The van der Waals surface area contributed by atoms with Gasteiger partial charge in [0, 0.05) is 24.2 Å². The van der Waals surface area contributed by atoms with E-state index in [0.29, 0.717) is 24.3 Å². The molecular weight excluding hydrogens is 398 g/mol. The molecule has 31 heavy (non-hydrogen) atoms. The van der Waals surface area contributed by atoms with E-state index < -0.39 is 36.2 Å². The molecule has 0 radical (unpaired) electrons. The summed E-state index contributed by atoms with van der Waals surface area (Å²) in [5.74, 6) is -2.59. The van der Waals surface area contributed by atoms with Crippen molar-refractivity contribution in [3.63, 3.8) is 0 Å². The van der Waals surface area contributed by atoms with Gasteiger partial charge in [0.25, 0.3) is 0 Å². The molecule has 1 saturated heterocycles. The minimum atomic E-state index is -1.23. The van der Waals surface area contributed by atoms with Gasteiger partial charge in [0.2, 0.25) is 5.91 Å². The van der Waals surface area contributed by atoms with Gasteiger partial charge in [0.1, 0.15) is 11.7 Å². The van der Waals surface area contributed by atoms with Crippen molar-refractivity contribution in [3.05, 3.63) is 29.8 Å². The van der Waals surface area contributed by atoms with Gasteiger partial charge in [0.05, 0.1) is 25.1 Å². The Morgan fingerprint density at radius 3 is 2.68 bits per heavy atom. The second-order valence-electron chi connectivity index (χ2n) is 7.59. The zero-order valence-corrected chi connectivity index (χ0v) is 18.2. The lowest BCUT2D eigenvalue weighted by atomic mass is 9.83. The maximum Gasteiger partial charge on any atom is 0.311 e. The fourth-order valence-corrected chi connectivity index (χ4v) is 3.83. The minimum Gasteiger partial charge on any atom is -0.496 e. The first-order valence-electron chi connectivity index (χ1n) is 10.4. The van der Waals surface area contributed by atoms with Crippen LogP contribution < -0.4 is 4.74 Å². The van der Waals surface area contributed by atoms with Crippen LogP contribution in [0.15, 0.2) is 24.3 Å². The summed E-state index contributed by atoms with van der Waals surface area (Å²) < 4.78 is 10.8. The van der Waals surface area contributed by atoms with E-state index in [2.05, 4.69) is 0 Å².